The number of benzene rings is 1. The number of aliphatic hydroxyl groups excluding tert-OH is 1. The second kappa shape index (κ2) is 7.42. The molecule has 0 radical (unpaired) electrons. The molecule has 0 saturated heterocycles. The van der Waals surface area contributed by atoms with Crippen LogP contribution in [0.5, 0.6) is 0 Å². The molecule has 7 heteroatoms. The third-order valence-corrected chi connectivity index (χ3v) is 5.03. The summed E-state index contributed by atoms with van der Waals surface area (Å²) in [6.07, 6.45) is 2.86. The molecule has 2 heterocycles. The van der Waals surface area contributed by atoms with Crippen molar-refractivity contribution in [3.63, 3.8) is 0 Å². The van der Waals surface area contributed by atoms with Gasteiger partial charge in [-0.2, -0.15) is 0 Å². The normalized spacial score (nSPS) is 20.7. The fourth-order valence-corrected chi connectivity index (χ4v) is 3.69. The summed E-state index contributed by atoms with van der Waals surface area (Å²) in [5.74, 6) is -0.723. The molecule has 2 atom stereocenters. The van der Waals surface area contributed by atoms with Crippen molar-refractivity contribution in [3.8, 4) is 0 Å². The maximum atomic E-state index is 14.3. The van der Waals surface area contributed by atoms with E-state index in [2.05, 4.69) is 4.98 Å². The molecule has 26 heavy (non-hydrogen) atoms. The van der Waals surface area contributed by atoms with Gasteiger partial charge in [-0.05, 0) is 38.8 Å². The van der Waals surface area contributed by atoms with Crippen LogP contribution in [0.25, 0.3) is 0 Å². The van der Waals surface area contributed by atoms with Gasteiger partial charge in [0.2, 0.25) is 0 Å². The van der Waals surface area contributed by atoms with E-state index < -0.39 is 17.2 Å². The van der Waals surface area contributed by atoms with E-state index in [-0.39, 0.29) is 30.7 Å². The quantitative estimate of drug-likeness (QED) is 0.854. The van der Waals surface area contributed by atoms with Crippen molar-refractivity contribution in [2.75, 3.05) is 13.2 Å². The number of ether oxygens (including phenoxy) is 1. The molecule has 1 aliphatic heterocycles. The van der Waals surface area contributed by atoms with E-state index >= 15 is 0 Å². The lowest BCUT2D eigenvalue weighted by Crippen LogP contribution is -2.28. The molecule has 0 unspecified atom stereocenters. The molecular weight excluding hydrogens is 340 g/mol. The second-order valence-corrected chi connectivity index (χ2v) is 7.21. The highest BCUT2D eigenvalue weighted by Gasteiger charge is 2.33. The van der Waals surface area contributed by atoms with E-state index in [4.69, 9.17) is 15.6 Å². The van der Waals surface area contributed by atoms with Crippen LogP contribution in [0.15, 0.2) is 24.4 Å². The molecule has 3 rings (SSSR count). The summed E-state index contributed by atoms with van der Waals surface area (Å²) in [6.45, 7) is 4.23. The van der Waals surface area contributed by atoms with Crippen LogP contribution in [-0.4, -0.2) is 27.9 Å². The van der Waals surface area contributed by atoms with Gasteiger partial charge in [0.05, 0.1) is 31.1 Å². The van der Waals surface area contributed by atoms with Gasteiger partial charge in [-0.1, -0.05) is 6.07 Å². The smallest absolute Gasteiger partial charge is 0.129 e. The second-order valence-electron chi connectivity index (χ2n) is 7.21. The summed E-state index contributed by atoms with van der Waals surface area (Å²) < 4.78 is 36.3. The summed E-state index contributed by atoms with van der Waals surface area (Å²) in [5.41, 5.74) is 6.43. The van der Waals surface area contributed by atoms with Crippen LogP contribution in [-0.2, 0) is 16.9 Å². The number of fused-ring (bicyclic) bond motifs is 1. The highest BCUT2D eigenvalue weighted by Crippen LogP contribution is 2.37. The molecular formula is C19H25F2N3O2. The van der Waals surface area contributed by atoms with Crippen LogP contribution in [0, 0.1) is 11.6 Å². The molecule has 2 aromatic rings. The minimum atomic E-state index is -0.712. The van der Waals surface area contributed by atoms with Gasteiger partial charge in [-0.15, -0.1) is 0 Å². The Bertz CT molecular complexity index is 756. The van der Waals surface area contributed by atoms with E-state index in [1.807, 2.05) is 18.4 Å². The third-order valence-electron chi connectivity index (χ3n) is 5.03. The number of hydrogen-bond acceptors (Lipinski definition) is 4. The predicted molar refractivity (Wildman–Crippen MR) is 93.6 cm³/mol. The monoisotopic (exact) mass is 365 g/mol. The molecule has 0 spiro atoms. The lowest BCUT2D eigenvalue weighted by atomic mass is 9.92. The number of nitrogens with zero attached hydrogens (tertiary/aromatic N) is 2. The van der Waals surface area contributed by atoms with Gasteiger partial charge >= 0.3 is 0 Å². The predicted octanol–water partition coefficient (Wildman–Crippen LogP) is 2.98. The van der Waals surface area contributed by atoms with Crippen molar-refractivity contribution in [1.29, 1.82) is 0 Å². The Kier molecular flexibility index (Phi) is 5.41. The molecule has 142 valence electrons. The molecule has 0 aliphatic carbocycles. The molecule has 0 bridgehead atoms. The Morgan fingerprint density at radius 2 is 2.00 bits per heavy atom. The molecule has 1 aromatic heterocycles. The van der Waals surface area contributed by atoms with Gasteiger partial charge in [0.25, 0.3) is 0 Å². The van der Waals surface area contributed by atoms with Gasteiger partial charge in [0.15, 0.2) is 0 Å². The van der Waals surface area contributed by atoms with Gasteiger partial charge < -0.3 is 20.1 Å². The number of imidazole rings is 1. The Hall–Kier alpha value is -1.83. The molecule has 0 saturated carbocycles. The first kappa shape index (κ1) is 18.9. The number of aromatic nitrogens is 2. The highest BCUT2D eigenvalue weighted by molar-refractivity contribution is 5.26. The van der Waals surface area contributed by atoms with Crippen LogP contribution in [0.2, 0.25) is 0 Å². The van der Waals surface area contributed by atoms with Gasteiger partial charge in [-0.3, -0.25) is 0 Å². The van der Waals surface area contributed by atoms with Crippen molar-refractivity contribution < 1.29 is 18.6 Å². The SMILES string of the molecule is CC(C)(OCCO)c1cnc2n1C[C@H](c1c(F)cccc1F)CC[C@H]2N. The lowest BCUT2D eigenvalue weighted by Gasteiger charge is -2.28. The van der Waals surface area contributed by atoms with E-state index in [1.54, 1.807) is 6.20 Å². The molecule has 1 aliphatic rings. The maximum Gasteiger partial charge on any atom is 0.129 e. The summed E-state index contributed by atoms with van der Waals surface area (Å²) >= 11 is 0. The number of rotatable bonds is 5. The maximum absolute atomic E-state index is 14.3. The number of hydrogen-bond donors (Lipinski definition) is 2. The van der Waals surface area contributed by atoms with Crippen molar-refractivity contribution in [3.05, 3.63) is 53.1 Å². The minimum Gasteiger partial charge on any atom is -0.394 e. The number of aliphatic hydroxyl groups is 1. The minimum absolute atomic E-state index is 0.0903. The van der Waals surface area contributed by atoms with Crippen LogP contribution in [0.1, 0.15) is 55.7 Å². The molecule has 1 aromatic carbocycles. The first-order valence-electron chi connectivity index (χ1n) is 8.85. The molecule has 0 fully saturated rings. The Labute approximate surface area is 151 Å². The molecule has 0 amide bonds. The van der Waals surface area contributed by atoms with Crippen molar-refractivity contribution in [2.45, 2.75) is 50.8 Å². The van der Waals surface area contributed by atoms with Crippen LogP contribution in [0.3, 0.4) is 0 Å². The van der Waals surface area contributed by atoms with Crippen molar-refractivity contribution in [2.24, 2.45) is 5.73 Å². The summed E-state index contributed by atoms with van der Waals surface area (Å²) in [6, 6.07) is 3.63. The van der Waals surface area contributed by atoms with Crippen molar-refractivity contribution >= 4 is 0 Å². The van der Waals surface area contributed by atoms with E-state index in [0.29, 0.717) is 25.2 Å². The first-order valence-corrected chi connectivity index (χ1v) is 8.85. The van der Waals surface area contributed by atoms with Gasteiger partial charge in [0.1, 0.15) is 23.1 Å². The zero-order chi connectivity index (χ0) is 18.9. The van der Waals surface area contributed by atoms with Crippen molar-refractivity contribution in [1.82, 2.24) is 9.55 Å². The zero-order valence-electron chi connectivity index (χ0n) is 15.1. The molecule has 3 N–H and O–H groups in total. The fraction of sp³-hybridized carbons (Fsp3) is 0.526. The van der Waals surface area contributed by atoms with E-state index in [9.17, 15) is 8.78 Å². The lowest BCUT2D eigenvalue weighted by molar-refractivity contribution is -0.0421. The highest BCUT2D eigenvalue weighted by atomic mass is 19.1. The first-order chi connectivity index (χ1) is 12.3. The Morgan fingerprint density at radius 3 is 2.65 bits per heavy atom. The standard InChI is InChI=1S/C19H25F2N3O2/c1-19(2,26-9-8-25)16-10-23-18-15(22)7-6-12(11-24(16)18)17-13(20)4-3-5-14(17)21/h3-5,10,12,15,25H,6-9,11,22H2,1-2H3/t12-,15-/m1/s1. The average Bonchev–Trinajstić information content (AvgIpc) is 2.95. The zero-order valence-corrected chi connectivity index (χ0v) is 15.1. The number of halogens is 2. The Balaban J connectivity index is 2.01. The van der Waals surface area contributed by atoms with E-state index in [0.717, 1.165) is 5.69 Å². The summed E-state index contributed by atoms with van der Waals surface area (Å²) in [5, 5.41) is 9.05. The van der Waals surface area contributed by atoms with Gasteiger partial charge in [-0.25, -0.2) is 13.8 Å². The third kappa shape index (κ3) is 3.51. The summed E-state index contributed by atoms with van der Waals surface area (Å²) in [4.78, 5) is 4.45. The largest absolute Gasteiger partial charge is 0.394 e. The average molecular weight is 365 g/mol. The van der Waals surface area contributed by atoms with Gasteiger partial charge in [0, 0.05) is 18.0 Å². The van der Waals surface area contributed by atoms with E-state index in [1.165, 1.54) is 18.2 Å². The summed E-state index contributed by atoms with van der Waals surface area (Å²) in [7, 11) is 0. The topological polar surface area (TPSA) is 73.3 Å². The van der Waals surface area contributed by atoms with Crippen LogP contribution >= 0.6 is 0 Å². The Morgan fingerprint density at radius 1 is 1.31 bits per heavy atom. The number of nitrogens with two attached hydrogens (primary N) is 1. The molecule has 5 nitrogen and oxygen atoms in total. The van der Waals surface area contributed by atoms with Crippen LogP contribution < -0.4 is 5.73 Å². The fourth-order valence-electron chi connectivity index (χ4n) is 3.69. The van der Waals surface area contributed by atoms with Crippen LogP contribution in [0.4, 0.5) is 8.78 Å².